The van der Waals surface area contributed by atoms with E-state index in [2.05, 4.69) is 10.6 Å². The Morgan fingerprint density at radius 2 is 1.85 bits per heavy atom. The number of methoxy groups -OCH3 is 1. The Bertz CT molecular complexity index is 632. The number of ether oxygens (including phenoxy) is 1. The minimum absolute atomic E-state index is 0.375. The fourth-order valence-electron chi connectivity index (χ4n) is 1.66. The van der Waals surface area contributed by atoms with Gasteiger partial charge in [-0.1, -0.05) is 23.7 Å². The second-order valence-electron chi connectivity index (χ2n) is 4.02. The maximum atomic E-state index is 11.9. The molecule has 0 aliphatic carbocycles. The molecule has 0 unspecified atom stereocenters. The van der Waals surface area contributed by atoms with Crippen molar-refractivity contribution >= 4 is 34.7 Å². The summed E-state index contributed by atoms with van der Waals surface area (Å²) in [5, 5.41) is 5.71. The van der Waals surface area contributed by atoms with E-state index in [0.29, 0.717) is 27.8 Å². The average molecular weight is 292 g/mol. The highest BCUT2D eigenvalue weighted by molar-refractivity contribution is 6.34. The van der Waals surface area contributed by atoms with Crippen LogP contribution in [0.1, 0.15) is 0 Å². The minimum Gasteiger partial charge on any atom is -0.495 e. The number of carbonyl (C=O) groups is 1. The van der Waals surface area contributed by atoms with Crippen LogP contribution in [0.5, 0.6) is 5.75 Å². The molecule has 0 radical (unpaired) electrons. The Hall–Kier alpha value is -2.40. The number of hydrogen-bond acceptors (Lipinski definition) is 3. The molecule has 2 aromatic carbocycles. The van der Waals surface area contributed by atoms with Crippen LogP contribution in [0, 0.1) is 0 Å². The molecule has 0 bridgehead atoms. The first-order chi connectivity index (χ1) is 9.60. The van der Waals surface area contributed by atoms with E-state index in [-0.39, 0.29) is 0 Å². The zero-order chi connectivity index (χ0) is 14.5. The largest absolute Gasteiger partial charge is 0.495 e. The first kappa shape index (κ1) is 14.0. The Morgan fingerprint density at radius 3 is 2.55 bits per heavy atom. The molecule has 0 aliphatic rings. The predicted molar refractivity (Wildman–Crippen MR) is 81.5 cm³/mol. The number of anilines is 3. The average Bonchev–Trinajstić information content (AvgIpc) is 2.42. The van der Waals surface area contributed by atoms with E-state index in [1.165, 1.54) is 7.11 Å². The van der Waals surface area contributed by atoms with Crippen molar-refractivity contribution in [3.05, 3.63) is 47.5 Å². The summed E-state index contributed by atoms with van der Waals surface area (Å²) in [5.74, 6) is 0.575. The maximum Gasteiger partial charge on any atom is 0.323 e. The predicted octanol–water partition coefficient (Wildman–Crippen LogP) is 3.57. The van der Waals surface area contributed by atoms with E-state index in [4.69, 9.17) is 22.1 Å². The molecule has 2 rings (SSSR count). The van der Waals surface area contributed by atoms with Crippen molar-refractivity contribution in [3.63, 3.8) is 0 Å². The van der Waals surface area contributed by atoms with E-state index < -0.39 is 6.03 Å². The van der Waals surface area contributed by atoms with E-state index in [1.54, 1.807) is 36.4 Å². The van der Waals surface area contributed by atoms with Gasteiger partial charge in [0, 0.05) is 5.69 Å². The van der Waals surface area contributed by atoms with Gasteiger partial charge in [-0.05, 0) is 30.3 Å². The molecule has 5 nitrogen and oxygen atoms in total. The Morgan fingerprint density at radius 1 is 1.15 bits per heavy atom. The molecule has 0 aromatic heterocycles. The Kier molecular flexibility index (Phi) is 4.32. The van der Waals surface area contributed by atoms with Crippen LogP contribution in [0.25, 0.3) is 0 Å². The van der Waals surface area contributed by atoms with Gasteiger partial charge >= 0.3 is 6.03 Å². The number of nitrogens with two attached hydrogens (primary N) is 1. The van der Waals surface area contributed by atoms with Crippen molar-refractivity contribution < 1.29 is 9.53 Å². The van der Waals surface area contributed by atoms with Gasteiger partial charge in [-0.2, -0.15) is 0 Å². The molecule has 0 saturated carbocycles. The number of para-hydroxylation sites is 2. The third-order valence-corrected chi connectivity index (χ3v) is 2.91. The summed E-state index contributed by atoms with van der Waals surface area (Å²) in [5.41, 5.74) is 7.17. The van der Waals surface area contributed by atoms with E-state index >= 15 is 0 Å². The molecule has 6 heteroatoms. The van der Waals surface area contributed by atoms with E-state index in [0.717, 1.165) is 0 Å². The van der Waals surface area contributed by atoms with Gasteiger partial charge in [0.1, 0.15) is 5.75 Å². The monoisotopic (exact) mass is 291 g/mol. The van der Waals surface area contributed by atoms with Gasteiger partial charge in [-0.3, -0.25) is 0 Å². The molecular formula is C14H14ClN3O2. The van der Waals surface area contributed by atoms with Gasteiger partial charge in [-0.15, -0.1) is 0 Å². The summed E-state index contributed by atoms with van der Waals surface area (Å²) in [4.78, 5) is 11.9. The van der Waals surface area contributed by atoms with Crippen LogP contribution in [-0.4, -0.2) is 13.1 Å². The first-order valence-corrected chi connectivity index (χ1v) is 6.24. The quantitative estimate of drug-likeness (QED) is 0.757. The molecule has 0 heterocycles. The van der Waals surface area contributed by atoms with Gasteiger partial charge in [0.2, 0.25) is 0 Å². The number of benzene rings is 2. The van der Waals surface area contributed by atoms with Gasteiger partial charge in [0.25, 0.3) is 0 Å². The van der Waals surface area contributed by atoms with Crippen LogP contribution in [0.15, 0.2) is 42.5 Å². The van der Waals surface area contributed by atoms with Crippen molar-refractivity contribution in [2.45, 2.75) is 0 Å². The summed E-state index contributed by atoms with van der Waals surface area (Å²) < 4.78 is 5.15. The van der Waals surface area contributed by atoms with Crippen LogP contribution in [0.4, 0.5) is 21.9 Å². The Labute approximate surface area is 121 Å². The smallest absolute Gasteiger partial charge is 0.323 e. The molecule has 2 aromatic rings. The molecule has 104 valence electrons. The highest BCUT2D eigenvalue weighted by atomic mass is 35.5. The fourth-order valence-corrected chi connectivity index (χ4v) is 1.89. The first-order valence-electron chi connectivity index (χ1n) is 5.86. The minimum atomic E-state index is -0.416. The third-order valence-electron chi connectivity index (χ3n) is 2.60. The highest BCUT2D eigenvalue weighted by Gasteiger charge is 2.08. The molecule has 4 N–H and O–H groups in total. The Balaban J connectivity index is 2.09. The second-order valence-corrected chi connectivity index (χ2v) is 4.43. The summed E-state index contributed by atoms with van der Waals surface area (Å²) in [7, 11) is 1.54. The summed E-state index contributed by atoms with van der Waals surface area (Å²) in [6.45, 7) is 0. The lowest BCUT2D eigenvalue weighted by atomic mass is 10.3. The van der Waals surface area contributed by atoms with E-state index in [1.807, 2.05) is 6.07 Å². The lowest BCUT2D eigenvalue weighted by Gasteiger charge is -2.11. The van der Waals surface area contributed by atoms with Gasteiger partial charge in [0.05, 0.1) is 23.5 Å². The van der Waals surface area contributed by atoms with Gasteiger partial charge in [-0.25, -0.2) is 4.79 Å². The van der Waals surface area contributed by atoms with E-state index in [9.17, 15) is 4.79 Å². The van der Waals surface area contributed by atoms with Crippen molar-refractivity contribution in [1.82, 2.24) is 0 Å². The van der Waals surface area contributed by atoms with Crippen LogP contribution >= 0.6 is 11.6 Å². The number of nitrogens with one attached hydrogen (secondary N) is 2. The number of urea groups is 1. The number of nitrogen functional groups attached to an aromatic ring is 1. The van der Waals surface area contributed by atoms with Crippen molar-refractivity contribution in [1.29, 1.82) is 0 Å². The molecule has 0 spiro atoms. The summed E-state index contributed by atoms with van der Waals surface area (Å²) in [6, 6.07) is 11.6. The molecule has 0 atom stereocenters. The lowest BCUT2D eigenvalue weighted by molar-refractivity contribution is 0.262. The molecule has 0 aliphatic heterocycles. The van der Waals surface area contributed by atoms with Crippen LogP contribution in [0.2, 0.25) is 5.02 Å². The fraction of sp³-hybridized carbons (Fsp3) is 0.0714. The van der Waals surface area contributed by atoms with Crippen LogP contribution < -0.4 is 21.1 Å². The number of rotatable bonds is 3. The zero-order valence-corrected chi connectivity index (χ0v) is 11.6. The third kappa shape index (κ3) is 3.33. The van der Waals surface area contributed by atoms with Crippen LogP contribution in [0.3, 0.4) is 0 Å². The summed E-state index contributed by atoms with van der Waals surface area (Å²) >= 11 is 5.99. The normalized spacial score (nSPS) is 9.90. The number of halogens is 1. The van der Waals surface area contributed by atoms with Crippen LogP contribution in [-0.2, 0) is 0 Å². The van der Waals surface area contributed by atoms with Gasteiger partial charge < -0.3 is 21.1 Å². The lowest BCUT2D eigenvalue weighted by Crippen LogP contribution is -2.20. The standard InChI is InChI=1S/C14H14ClN3O2/c1-20-13-5-3-2-4-12(13)18-14(19)17-11-7-6-9(16)8-10(11)15/h2-8H,16H2,1H3,(H2,17,18,19). The molecule has 20 heavy (non-hydrogen) atoms. The number of amides is 2. The zero-order valence-electron chi connectivity index (χ0n) is 10.8. The number of hydrogen-bond donors (Lipinski definition) is 3. The molecular weight excluding hydrogens is 278 g/mol. The topological polar surface area (TPSA) is 76.4 Å². The van der Waals surface area contributed by atoms with Gasteiger partial charge in [0.15, 0.2) is 0 Å². The highest BCUT2D eigenvalue weighted by Crippen LogP contribution is 2.26. The molecule has 0 saturated heterocycles. The summed E-state index contributed by atoms with van der Waals surface area (Å²) in [6.07, 6.45) is 0. The SMILES string of the molecule is COc1ccccc1NC(=O)Nc1ccc(N)cc1Cl. The maximum absolute atomic E-state index is 11.9. The number of carbonyl (C=O) groups excluding carboxylic acids is 1. The molecule has 2 amide bonds. The molecule has 0 fully saturated rings. The van der Waals surface area contributed by atoms with Crippen molar-refractivity contribution in [3.8, 4) is 5.75 Å². The second kappa shape index (κ2) is 6.16. The van der Waals surface area contributed by atoms with Crippen molar-refractivity contribution in [2.24, 2.45) is 0 Å². The van der Waals surface area contributed by atoms with Crippen molar-refractivity contribution in [2.75, 3.05) is 23.5 Å².